The summed E-state index contributed by atoms with van der Waals surface area (Å²) in [5, 5.41) is 9.44. The predicted octanol–water partition coefficient (Wildman–Crippen LogP) is 5.50. The zero-order valence-corrected chi connectivity index (χ0v) is 20.4. The van der Waals surface area contributed by atoms with Crippen LogP contribution in [-0.2, 0) is 4.79 Å². The summed E-state index contributed by atoms with van der Waals surface area (Å²) in [4.78, 5) is 19.5. The van der Waals surface area contributed by atoms with Crippen molar-refractivity contribution in [1.29, 1.82) is 0 Å². The molecule has 0 radical (unpaired) electrons. The fourth-order valence-corrected chi connectivity index (χ4v) is 4.91. The maximum Gasteiger partial charge on any atom is 0.247 e. The molecular formula is C25H28N4O3S. The molecule has 0 bridgehead atoms. The van der Waals surface area contributed by atoms with Gasteiger partial charge in [0.1, 0.15) is 5.75 Å². The van der Waals surface area contributed by atoms with Gasteiger partial charge in [-0.3, -0.25) is 9.69 Å². The number of anilines is 1. The lowest BCUT2D eigenvalue weighted by Gasteiger charge is -2.31. The average Bonchev–Trinajstić information content (AvgIpc) is 2.94. The number of para-hydroxylation sites is 1. The molecule has 0 aliphatic carbocycles. The van der Waals surface area contributed by atoms with Gasteiger partial charge in [-0.05, 0) is 44.0 Å². The highest BCUT2D eigenvalue weighted by atomic mass is 32.2. The molecular weight excluding hydrogens is 436 g/mol. The monoisotopic (exact) mass is 464 g/mol. The van der Waals surface area contributed by atoms with Crippen molar-refractivity contribution in [2.75, 3.05) is 17.8 Å². The summed E-state index contributed by atoms with van der Waals surface area (Å²) in [6.45, 7) is 7.69. The van der Waals surface area contributed by atoms with Crippen LogP contribution in [0.5, 0.6) is 11.6 Å². The van der Waals surface area contributed by atoms with Gasteiger partial charge in [-0.25, -0.2) is 0 Å². The van der Waals surface area contributed by atoms with E-state index in [1.807, 2.05) is 44.2 Å². The van der Waals surface area contributed by atoms with Crippen LogP contribution in [0.4, 0.5) is 5.69 Å². The molecule has 1 aromatic heterocycles. The topological polar surface area (TPSA) is 77.4 Å². The predicted molar refractivity (Wildman–Crippen MR) is 130 cm³/mol. The average molecular weight is 465 g/mol. The molecule has 0 saturated heterocycles. The van der Waals surface area contributed by atoms with Crippen molar-refractivity contribution in [2.24, 2.45) is 0 Å². The van der Waals surface area contributed by atoms with E-state index in [2.05, 4.69) is 23.2 Å². The molecule has 7 nitrogen and oxygen atoms in total. The number of hydrogen-bond donors (Lipinski definition) is 0. The highest BCUT2D eigenvalue weighted by Crippen LogP contribution is 2.46. The Morgan fingerprint density at radius 1 is 1.21 bits per heavy atom. The molecule has 1 aliphatic rings. The smallest absolute Gasteiger partial charge is 0.247 e. The number of rotatable bonds is 6. The highest BCUT2D eigenvalue weighted by molar-refractivity contribution is 7.99. The Balaban J connectivity index is 1.95. The van der Waals surface area contributed by atoms with Crippen molar-refractivity contribution in [2.45, 2.75) is 51.9 Å². The Bertz CT molecular complexity index is 1180. The molecule has 4 rings (SSSR count). The van der Waals surface area contributed by atoms with Crippen LogP contribution in [0.25, 0.3) is 11.3 Å². The lowest BCUT2D eigenvalue weighted by Crippen LogP contribution is -2.36. The number of aromatic nitrogens is 3. The lowest BCUT2D eigenvalue weighted by molar-refractivity contribution is -0.118. The second-order valence-electron chi connectivity index (χ2n) is 8.03. The van der Waals surface area contributed by atoms with E-state index in [9.17, 15) is 4.79 Å². The Hall–Kier alpha value is -3.13. The summed E-state index contributed by atoms with van der Waals surface area (Å²) in [5.41, 5.74) is 4.78. The SMILES string of the molecule is CCCCSc1nnc2c(n1)O[C@H](c1ccccc1OC)N(C(C)=O)c1c(C)cc(C)cc1-2. The van der Waals surface area contributed by atoms with E-state index in [0.717, 1.165) is 46.5 Å². The third-order valence-electron chi connectivity index (χ3n) is 5.51. The number of nitrogens with zero attached hydrogens (tertiary/aromatic N) is 4. The van der Waals surface area contributed by atoms with Crippen LogP contribution in [0.15, 0.2) is 41.6 Å². The molecule has 172 valence electrons. The summed E-state index contributed by atoms with van der Waals surface area (Å²) in [5.74, 6) is 1.73. The zero-order chi connectivity index (χ0) is 23.5. The zero-order valence-electron chi connectivity index (χ0n) is 19.6. The summed E-state index contributed by atoms with van der Waals surface area (Å²) in [6.07, 6.45) is 1.39. The number of thioether (sulfide) groups is 1. The van der Waals surface area contributed by atoms with E-state index >= 15 is 0 Å². The molecule has 2 heterocycles. The standard InChI is InChI=1S/C25H28N4O3S/c1-6-7-12-33-25-26-23-21(27-28-25)19-14-15(2)13-16(3)22(19)29(17(4)30)24(32-23)18-10-8-9-11-20(18)31-5/h8-11,13-14,24H,6-7,12H2,1-5H3/t24-/m1/s1. The first-order chi connectivity index (χ1) is 15.9. The van der Waals surface area contributed by atoms with Crippen molar-refractivity contribution in [1.82, 2.24) is 15.2 Å². The molecule has 0 unspecified atom stereocenters. The van der Waals surface area contributed by atoms with Crippen LogP contribution >= 0.6 is 11.8 Å². The first-order valence-electron chi connectivity index (χ1n) is 11.0. The molecule has 0 N–H and O–H groups in total. The number of hydrogen-bond acceptors (Lipinski definition) is 7. The number of amides is 1. The fraction of sp³-hybridized carbons (Fsp3) is 0.360. The Morgan fingerprint density at radius 3 is 2.73 bits per heavy atom. The van der Waals surface area contributed by atoms with Gasteiger partial charge in [-0.2, -0.15) is 4.98 Å². The van der Waals surface area contributed by atoms with E-state index in [-0.39, 0.29) is 5.91 Å². The molecule has 2 aromatic carbocycles. The number of benzene rings is 2. The normalized spacial score (nSPS) is 14.7. The Labute approximate surface area is 198 Å². The van der Waals surface area contributed by atoms with E-state index in [1.54, 1.807) is 23.8 Å². The molecule has 3 aromatic rings. The lowest BCUT2D eigenvalue weighted by atomic mass is 10.00. The molecule has 0 spiro atoms. The minimum Gasteiger partial charge on any atom is -0.496 e. The number of methoxy groups -OCH3 is 1. The van der Waals surface area contributed by atoms with E-state index in [4.69, 9.17) is 14.5 Å². The Morgan fingerprint density at radius 2 is 2.00 bits per heavy atom. The van der Waals surface area contributed by atoms with Gasteiger partial charge in [0.15, 0.2) is 5.69 Å². The van der Waals surface area contributed by atoms with Crippen LogP contribution in [0.2, 0.25) is 0 Å². The maximum absolute atomic E-state index is 13.1. The second kappa shape index (κ2) is 9.79. The van der Waals surface area contributed by atoms with Gasteiger partial charge < -0.3 is 9.47 Å². The molecule has 1 aliphatic heterocycles. The van der Waals surface area contributed by atoms with Gasteiger partial charge in [0.25, 0.3) is 0 Å². The first-order valence-corrected chi connectivity index (χ1v) is 12.0. The third kappa shape index (κ3) is 4.53. The summed E-state index contributed by atoms with van der Waals surface area (Å²) >= 11 is 1.55. The maximum atomic E-state index is 13.1. The quantitative estimate of drug-likeness (QED) is 0.352. The minimum absolute atomic E-state index is 0.155. The summed E-state index contributed by atoms with van der Waals surface area (Å²) in [6, 6.07) is 11.6. The van der Waals surface area contributed by atoms with E-state index < -0.39 is 6.23 Å². The van der Waals surface area contributed by atoms with Gasteiger partial charge in [0.05, 0.1) is 18.4 Å². The van der Waals surface area contributed by atoms with Gasteiger partial charge >= 0.3 is 0 Å². The van der Waals surface area contributed by atoms with Gasteiger partial charge in [0, 0.05) is 18.2 Å². The number of ether oxygens (including phenoxy) is 2. The summed E-state index contributed by atoms with van der Waals surface area (Å²) in [7, 11) is 1.61. The number of aryl methyl sites for hydroxylation is 2. The van der Waals surface area contributed by atoms with Crippen LogP contribution in [0, 0.1) is 13.8 Å². The number of fused-ring (bicyclic) bond motifs is 3. The number of carbonyl (C=O) groups is 1. The Kier molecular flexibility index (Phi) is 6.83. The van der Waals surface area contributed by atoms with Crippen LogP contribution < -0.4 is 14.4 Å². The molecule has 0 saturated carbocycles. The minimum atomic E-state index is -0.773. The number of unbranched alkanes of at least 4 members (excludes halogenated alkanes) is 1. The van der Waals surface area contributed by atoms with Gasteiger partial charge in [-0.15, -0.1) is 10.2 Å². The van der Waals surface area contributed by atoms with Crippen molar-refractivity contribution in [3.05, 3.63) is 53.1 Å². The summed E-state index contributed by atoms with van der Waals surface area (Å²) < 4.78 is 12.1. The fourth-order valence-electron chi connectivity index (χ4n) is 4.05. The molecule has 0 fully saturated rings. The third-order valence-corrected chi connectivity index (χ3v) is 6.43. The number of carbonyl (C=O) groups excluding carboxylic acids is 1. The van der Waals surface area contributed by atoms with Gasteiger partial charge in [0.2, 0.25) is 23.2 Å². The molecule has 1 amide bonds. The van der Waals surface area contributed by atoms with Crippen molar-refractivity contribution in [3.8, 4) is 22.9 Å². The largest absolute Gasteiger partial charge is 0.496 e. The van der Waals surface area contributed by atoms with Crippen LogP contribution in [0.1, 0.15) is 49.6 Å². The van der Waals surface area contributed by atoms with Crippen LogP contribution in [0.3, 0.4) is 0 Å². The van der Waals surface area contributed by atoms with E-state index in [0.29, 0.717) is 22.5 Å². The molecule has 8 heteroatoms. The first kappa shape index (κ1) is 23.0. The van der Waals surface area contributed by atoms with Gasteiger partial charge in [-0.1, -0.05) is 48.9 Å². The highest BCUT2D eigenvalue weighted by Gasteiger charge is 2.37. The van der Waals surface area contributed by atoms with Crippen LogP contribution in [-0.4, -0.2) is 34.0 Å². The molecule has 1 atom stereocenters. The van der Waals surface area contributed by atoms with Crippen molar-refractivity contribution in [3.63, 3.8) is 0 Å². The van der Waals surface area contributed by atoms with Crippen molar-refractivity contribution < 1.29 is 14.3 Å². The van der Waals surface area contributed by atoms with E-state index in [1.165, 1.54) is 6.92 Å². The molecule has 33 heavy (non-hydrogen) atoms. The second-order valence-corrected chi connectivity index (χ2v) is 9.09. The van der Waals surface area contributed by atoms with Crippen molar-refractivity contribution >= 4 is 23.4 Å².